The summed E-state index contributed by atoms with van der Waals surface area (Å²) in [6, 6.07) is 20.0. The predicted molar refractivity (Wildman–Crippen MR) is 186 cm³/mol. The second-order valence-corrected chi connectivity index (χ2v) is 11.1. The van der Waals surface area contributed by atoms with Crippen molar-refractivity contribution in [3.8, 4) is 0 Å². The van der Waals surface area contributed by atoms with Crippen molar-refractivity contribution in [1.82, 2.24) is 15.1 Å². The molecule has 2 aromatic rings. The molecule has 0 aromatic heterocycles. The summed E-state index contributed by atoms with van der Waals surface area (Å²) < 4.78 is 1.09. The monoisotopic (exact) mass is 687 g/mol. The molecule has 1 radical (unpaired) electrons. The number of thiocarbonyl (C=S) groups is 3. The van der Waals surface area contributed by atoms with E-state index in [0.29, 0.717) is 32.0 Å². The summed E-state index contributed by atoms with van der Waals surface area (Å²) in [6.07, 6.45) is 0. The fraction of sp³-hybridized carbons (Fsp3) is 0.385. The molecule has 0 bridgehead atoms. The van der Waals surface area contributed by atoms with Crippen LogP contribution in [0.5, 0.6) is 0 Å². The number of rotatable bonds is 10. The van der Waals surface area contributed by atoms with Crippen molar-refractivity contribution >= 4 is 105 Å². The molecular formula is C26H36CuN6S6. The smallest absolute Gasteiger partial charge is 0.743 e. The van der Waals surface area contributed by atoms with Crippen LogP contribution in [0.25, 0.3) is 0 Å². The van der Waals surface area contributed by atoms with Gasteiger partial charge in [-0.05, 0) is 69.3 Å². The summed E-state index contributed by atoms with van der Waals surface area (Å²) in [7, 11) is 0. The molecule has 0 spiro atoms. The van der Waals surface area contributed by atoms with Crippen LogP contribution in [0.1, 0.15) is 27.7 Å². The molecule has 0 aliphatic heterocycles. The number of benzene rings is 2. The molecule has 0 fully saturated rings. The molecule has 39 heavy (non-hydrogen) atoms. The number of amidine groups is 1. The van der Waals surface area contributed by atoms with Gasteiger partial charge >= 0.3 is 17.1 Å². The normalized spacial score (nSPS) is 11.9. The summed E-state index contributed by atoms with van der Waals surface area (Å²) in [5.41, 5.74) is 1.92. The Hall–Kier alpha value is -1.31. The Morgan fingerprint density at radius 1 is 0.846 bits per heavy atom. The maximum atomic E-state index is 5.25. The fourth-order valence-corrected chi connectivity index (χ4v) is 4.96. The molecule has 2 aromatic carbocycles. The van der Waals surface area contributed by atoms with Gasteiger partial charge in [-0.1, -0.05) is 52.9 Å². The van der Waals surface area contributed by atoms with Gasteiger partial charge in [-0.15, -0.1) is 12.6 Å². The third-order valence-electron chi connectivity index (χ3n) is 5.34. The van der Waals surface area contributed by atoms with Crippen LogP contribution in [0.3, 0.4) is 0 Å². The molecule has 0 heterocycles. The van der Waals surface area contributed by atoms with E-state index in [4.69, 9.17) is 61.9 Å². The Kier molecular flexibility index (Phi) is 20.7. The molecule has 6 nitrogen and oxygen atoms in total. The van der Waals surface area contributed by atoms with Crippen molar-refractivity contribution in [3.05, 3.63) is 60.7 Å². The Morgan fingerprint density at radius 3 is 1.77 bits per heavy atom. The summed E-state index contributed by atoms with van der Waals surface area (Å²) in [4.78, 5) is 8.34. The Balaban J connectivity index is 0.000000722. The van der Waals surface area contributed by atoms with Crippen LogP contribution in [0.15, 0.2) is 65.7 Å². The van der Waals surface area contributed by atoms with Crippen LogP contribution in [0.2, 0.25) is 0 Å². The first kappa shape index (κ1) is 37.7. The number of nitrogens with zero attached hydrogens (tertiary/aromatic N) is 3. The van der Waals surface area contributed by atoms with E-state index in [2.05, 4.69) is 47.4 Å². The number of anilines is 2. The average molecular weight is 689 g/mol. The van der Waals surface area contributed by atoms with Crippen molar-refractivity contribution in [3.63, 3.8) is 0 Å². The van der Waals surface area contributed by atoms with Gasteiger partial charge in [-0.25, -0.2) is 0 Å². The van der Waals surface area contributed by atoms with E-state index in [1.807, 2.05) is 84.3 Å². The van der Waals surface area contributed by atoms with E-state index >= 15 is 0 Å². The van der Waals surface area contributed by atoms with Gasteiger partial charge in [0.1, 0.15) is 4.32 Å². The van der Waals surface area contributed by atoms with Crippen LogP contribution in [0.4, 0.5) is 11.4 Å². The minimum atomic E-state index is 0. The second-order valence-electron chi connectivity index (χ2n) is 8.16. The minimum Gasteiger partial charge on any atom is -0.743 e. The van der Waals surface area contributed by atoms with Gasteiger partial charge in [0.2, 0.25) is 0 Å². The average Bonchev–Trinajstić information content (AvgIpc) is 2.88. The van der Waals surface area contributed by atoms with E-state index in [9.17, 15) is 0 Å². The van der Waals surface area contributed by atoms with E-state index in [1.165, 1.54) is 0 Å². The largest absolute Gasteiger partial charge is 2.00 e. The maximum Gasteiger partial charge on any atom is 2.00 e. The predicted octanol–water partition coefficient (Wildman–Crippen LogP) is 5.44. The standard InChI is InChI=1S/2C13H19N3S3.Cu/c2*1-3-16(13(18)19)10(2)9-14-12(17)15-11-7-5-4-6-8-11;/h2*4-8,10H,3,9H2,1-2H3,(H,18,19)(H2,14,15,17);/q;;+2/p-2. The first-order chi connectivity index (χ1) is 18.1. The zero-order valence-electron chi connectivity index (χ0n) is 22.4. The van der Waals surface area contributed by atoms with Crippen LogP contribution in [0, 0.1) is 0 Å². The second kappa shape index (κ2) is 21.4. The molecule has 0 saturated carbocycles. The molecule has 0 saturated heterocycles. The number of hydrogen-bond donors (Lipinski definition) is 4. The first-order valence-corrected chi connectivity index (χ1v) is 14.7. The SMILES string of the molecule is CCN(C(=S)S)C(C)CNC(=S)Nc1ccccc1.CCN(C(=S)[S-])C(C)CN=C([S-])Nc1ccccc1.[Cu+2]. The summed E-state index contributed by atoms with van der Waals surface area (Å²) in [5, 5.41) is 10.5. The molecule has 13 heteroatoms. The van der Waals surface area contributed by atoms with Crippen molar-refractivity contribution in [2.24, 2.45) is 4.99 Å². The molecule has 3 N–H and O–H groups in total. The topological polar surface area (TPSA) is 54.9 Å². The van der Waals surface area contributed by atoms with Crippen molar-refractivity contribution in [1.29, 1.82) is 0 Å². The zero-order valence-corrected chi connectivity index (χ0v) is 28.3. The maximum absolute atomic E-state index is 5.25. The number of aliphatic imine (C=N–C) groups is 1. The summed E-state index contributed by atoms with van der Waals surface area (Å²) >= 11 is 29.8. The molecule has 2 rings (SSSR count). The Morgan fingerprint density at radius 2 is 1.33 bits per heavy atom. The van der Waals surface area contributed by atoms with Crippen LogP contribution in [-0.4, -0.2) is 67.0 Å². The molecule has 217 valence electrons. The number of para-hydroxylation sites is 2. The number of nitrogens with one attached hydrogen (secondary N) is 3. The number of thiol groups is 1. The van der Waals surface area contributed by atoms with Crippen LogP contribution in [-0.2, 0) is 42.3 Å². The van der Waals surface area contributed by atoms with Crippen LogP contribution >= 0.6 is 49.3 Å². The third kappa shape index (κ3) is 15.9. The molecule has 0 aliphatic carbocycles. The van der Waals surface area contributed by atoms with Crippen molar-refractivity contribution in [2.75, 3.05) is 36.8 Å². The van der Waals surface area contributed by atoms with Gasteiger partial charge < -0.3 is 63.2 Å². The molecule has 2 unspecified atom stereocenters. The van der Waals surface area contributed by atoms with Gasteiger partial charge in [0, 0.05) is 43.1 Å². The third-order valence-corrected chi connectivity index (χ3v) is 6.78. The van der Waals surface area contributed by atoms with Crippen LogP contribution < -0.4 is 16.0 Å². The van der Waals surface area contributed by atoms with Gasteiger partial charge in [0.15, 0.2) is 5.11 Å². The number of likely N-dealkylation sites (N-methyl/N-ethyl adjacent to an activating group) is 2. The van der Waals surface area contributed by atoms with Crippen molar-refractivity contribution < 1.29 is 17.1 Å². The van der Waals surface area contributed by atoms with Crippen molar-refractivity contribution in [2.45, 2.75) is 39.8 Å². The number of hydrogen-bond acceptors (Lipinski definition) is 6. The molecule has 0 aliphatic rings. The van der Waals surface area contributed by atoms with Gasteiger partial charge in [0.25, 0.3) is 0 Å². The Labute approximate surface area is 277 Å². The van der Waals surface area contributed by atoms with Gasteiger partial charge in [-0.3, -0.25) is 4.99 Å². The Bertz CT molecular complexity index is 1030. The van der Waals surface area contributed by atoms with E-state index in [0.717, 1.165) is 24.5 Å². The summed E-state index contributed by atoms with van der Waals surface area (Å²) in [5.74, 6) is 0. The quantitative estimate of drug-likeness (QED) is 0.0649. The van der Waals surface area contributed by atoms with E-state index < -0.39 is 0 Å². The van der Waals surface area contributed by atoms with Gasteiger partial charge in [0.05, 0.1) is 6.54 Å². The first-order valence-electron chi connectivity index (χ1n) is 12.2. The molecule has 2 atom stereocenters. The fourth-order valence-electron chi connectivity index (χ4n) is 3.30. The molecular weight excluding hydrogens is 652 g/mol. The van der Waals surface area contributed by atoms with E-state index in [1.54, 1.807) is 0 Å². The zero-order chi connectivity index (χ0) is 28.5. The molecule has 0 amide bonds. The summed E-state index contributed by atoms with van der Waals surface area (Å²) in [6.45, 7) is 11.1. The van der Waals surface area contributed by atoms with E-state index in [-0.39, 0.29) is 29.2 Å². The minimum absolute atomic E-state index is 0. The van der Waals surface area contributed by atoms with Gasteiger partial charge in [-0.2, -0.15) is 0 Å².